The SMILES string of the molecule is Cc1ccc(S(=O)(=O)n2cc(C3CCNC(=S)N3)c3cc(Br)cnc32)cc1. The minimum Gasteiger partial charge on any atom is -0.363 e. The number of rotatable bonds is 3. The summed E-state index contributed by atoms with van der Waals surface area (Å²) in [6.45, 7) is 2.65. The van der Waals surface area contributed by atoms with E-state index in [0.717, 1.165) is 34.0 Å². The lowest BCUT2D eigenvalue weighted by atomic mass is 10.0. The smallest absolute Gasteiger partial charge is 0.269 e. The zero-order valence-corrected chi connectivity index (χ0v) is 17.7. The van der Waals surface area contributed by atoms with Gasteiger partial charge in [0, 0.05) is 34.4 Å². The molecule has 0 saturated carbocycles. The molecule has 0 spiro atoms. The summed E-state index contributed by atoms with van der Waals surface area (Å²) in [6.07, 6.45) is 4.05. The van der Waals surface area contributed by atoms with Crippen molar-refractivity contribution in [2.75, 3.05) is 6.54 Å². The van der Waals surface area contributed by atoms with E-state index in [1.807, 2.05) is 13.0 Å². The first-order valence-electron chi connectivity index (χ1n) is 8.39. The number of halogens is 1. The second-order valence-corrected chi connectivity index (χ2v) is 9.60. The normalized spacial score (nSPS) is 17.6. The van der Waals surface area contributed by atoms with Crippen LogP contribution in [0.25, 0.3) is 11.0 Å². The van der Waals surface area contributed by atoms with Gasteiger partial charge >= 0.3 is 0 Å². The number of hydrogen-bond donors (Lipinski definition) is 2. The first kappa shape index (κ1) is 18.4. The van der Waals surface area contributed by atoms with E-state index in [-0.39, 0.29) is 10.9 Å². The molecule has 0 bridgehead atoms. The maximum Gasteiger partial charge on any atom is 0.269 e. The van der Waals surface area contributed by atoms with Crippen LogP contribution in [0.4, 0.5) is 0 Å². The molecule has 3 aromatic rings. The predicted octanol–water partition coefficient (Wildman–Crippen LogP) is 3.25. The molecule has 1 unspecified atom stereocenters. The molecule has 4 rings (SSSR count). The molecular formula is C18H17BrN4O2S2. The van der Waals surface area contributed by atoms with Gasteiger partial charge in [-0.1, -0.05) is 17.7 Å². The largest absolute Gasteiger partial charge is 0.363 e. The molecule has 0 aliphatic carbocycles. The van der Waals surface area contributed by atoms with Crippen molar-refractivity contribution in [3.8, 4) is 0 Å². The molecule has 0 radical (unpaired) electrons. The second kappa shape index (κ2) is 6.88. The molecule has 1 aliphatic heterocycles. The predicted molar refractivity (Wildman–Crippen MR) is 112 cm³/mol. The Bertz CT molecular complexity index is 1140. The molecule has 2 N–H and O–H groups in total. The van der Waals surface area contributed by atoms with Crippen molar-refractivity contribution in [1.82, 2.24) is 19.6 Å². The van der Waals surface area contributed by atoms with Crippen molar-refractivity contribution in [2.45, 2.75) is 24.3 Å². The van der Waals surface area contributed by atoms with Crippen molar-refractivity contribution >= 4 is 54.3 Å². The average Bonchev–Trinajstić information content (AvgIpc) is 3.01. The van der Waals surface area contributed by atoms with E-state index in [2.05, 4.69) is 31.5 Å². The Balaban J connectivity index is 1.91. The van der Waals surface area contributed by atoms with Gasteiger partial charge in [-0.15, -0.1) is 0 Å². The van der Waals surface area contributed by atoms with Crippen LogP contribution in [0.1, 0.15) is 23.6 Å². The summed E-state index contributed by atoms with van der Waals surface area (Å²) in [5, 5.41) is 7.65. The number of aromatic nitrogens is 2. The van der Waals surface area contributed by atoms with Crippen molar-refractivity contribution in [1.29, 1.82) is 0 Å². The first-order valence-corrected chi connectivity index (χ1v) is 11.0. The van der Waals surface area contributed by atoms with Gasteiger partial charge in [0.25, 0.3) is 10.0 Å². The van der Waals surface area contributed by atoms with Crippen LogP contribution in [-0.2, 0) is 10.0 Å². The van der Waals surface area contributed by atoms with Crippen molar-refractivity contribution in [2.24, 2.45) is 0 Å². The molecule has 2 aromatic heterocycles. The molecule has 1 saturated heterocycles. The summed E-state index contributed by atoms with van der Waals surface area (Å²) in [5.74, 6) is 0. The van der Waals surface area contributed by atoms with E-state index in [1.54, 1.807) is 36.7 Å². The van der Waals surface area contributed by atoms with E-state index in [0.29, 0.717) is 10.8 Å². The molecule has 9 heteroatoms. The van der Waals surface area contributed by atoms with Gasteiger partial charge in [-0.05, 0) is 59.7 Å². The molecule has 1 atom stereocenters. The van der Waals surface area contributed by atoms with Crippen LogP contribution < -0.4 is 10.6 Å². The van der Waals surface area contributed by atoms with E-state index in [9.17, 15) is 8.42 Å². The number of thiocarbonyl (C=S) groups is 1. The molecule has 6 nitrogen and oxygen atoms in total. The van der Waals surface area contributed by atoms with Gasteiger partial charge in [0.05, 0.1) is 10.9 Å². The maximum atomic E-state index is 13.3. The van der Waals surface area contributed by atoms with Crippen LogP contribution in [0.5, 0.6) is 0 Å². The standard InChI is InChI=1S/C18H17BrN4O2S2/c1-11-2-4-13(5-3-11)27(24,25)23-10-15(16-6-7-20-18(26)22-16)14-8-12(19)9-21-17(14)23/h2-5,8-10,16H,6-7H2,1H3,(H2,20,22,26). The maximum absolute atomic E-state index is 13.3. The third-order valence-electron chi connectivity index (χ3n) is 4.59. The van der Waals surface area contributed by atoms with Gasteiger partial charge in [0.15, 0.2) is 10.8 Å². The highest BCUT2D eigenvalue weighted by atomic mass is 79.9. The Morgan fingerprint density at radius 2 is 2.04 bits per heavy atom. The third kappa shape index (κ3) is 3.35. The number of nitrogens with one attached hydrogen (secondary N) is 2. The Morgan fingerprint density at radius 1 is 1.30 bits per heavy atom. The van der Waals surface area contributed by atoms with Gasteiger partial charge < -0.3 is 10.6 Å². The molecule has 1 aliphatic rings. The minimum atomic E-state index is -3.76. The number of pyridine rings is 1. The zero-order valence-electron chi connectivity index (χ0n) is 14.4. The first-order chi connectivity index (χ1) is 12.9. The second-order valence-electron chi connectivity index (χ2n) is 6.46. The fourth-order valence-electron chi connectivity index (χ4n) is 3.21. The number of fused-ring (bicyclic) bond motifs is 1. The van der Waals surface area contributed by atoms with Gasteiger partial charge in [-0.25, -0.2) is 17.4 Å². The molecule has 0 amide bonds. The highest BCUT2D eigenvalue weighted by Gasteiger charge is 2.27. The van der Waals surface area contributed by atoms with E-state index in [4.69, 9.17) is 12.2 Å². The number of benzene rings is 1. The molecule has 27 heavy (non-hydrogen) atoms. The Hall–Kier alpha value is -1.97. The fourth-order valence-corrected chi connectivity index (χ4v) is 5.11. The lowest BCUT2D eigenvalue weighted by Crippen LogP contribution is -2.44. The summed E-state index contributed by atoms with van der Waals surface area (Å²) in [7, 11) is -3.76. The monoisotopic (exact) mass is 464 g/mol. The highest BCUT2D eigenvalue weighted by Crippen LogP contribution is 2.32. The molecule has 1 aromatic carbocycles. The van der Waals surface area contributed by atoms with Crippen LogP contribution in [0.2, 0.25) is 0 Å². The zero-order chi connectivity index (χ0) is 19.2. The van der Waals surface area contributed by atoms with Crippen molar-refractivity contribution < 1.29 is 8.42 Å². The van der Waals surface area contributed by atoms with E-state index < -0.39 is 10.0 Å². The Morgan fingerprint density at radius 3 is 2.74 bits per heavy atom. The number of nitrogens with zero attached hydrogens (tertiary/aromatic N) is 2. The quantitative estimate of drug-likeness (QED) is 0.579. The Kier molecular flexibility index (Phi) is 4.69. The van der Waals surface area contributed by atoms with Crippen LogP contribution in [-0.4, -0.2) is 29.0 Å². The Labute approximate surface area is 171 Å². The highest BCUT2D eigenvalue weighted by molar-refractivity contribution is 9.10. The summed E-state index contributed by atoms with van der Waals surface area (Å²) in [4.78, 5) is 4.62. The topological polar surface area (TPSA) is 76.0 Å². The molecular weight excluding hydrogens is 448 g/mol. The van der Waals surface area contributed by atoms with Gasteiger partial charge in [-0.2, -0.15) is 0 Å². The van der Waals surface area contributed by atoms with Crippen LogP contribution in [0.15, 0.2) is 52.1 Å². The van der Waals surface area contributed by atoms with Gasteiger partial charge in [0.2, 0.25) is 0 Å². The van der Waals surface area contributed by atoms with Crippen LogP contribution in [0.3, 0.4) is 0 Å². The van der Waals surface area contributed by atoms with E-state index >= 15 is 0 Å². The summed E-state index contributed by atoms with van der Waals surface area (Å²) in [5.41, 5.74) is 2.26. The average molecular weight is 465 g/mol. The third-order valence-corrected chi connectivity index (χ3v) is 6.95. The lowest BCUT2D eigenvalue weighted by Gasteiger charge is -2.26. The van der Waals surface area contributed by atoms with Gasteiger partial charge in [-0.3, -0.25) is 0 Å². The molecule has 140 valence electrons. The van der Waals surface area contributed by atoms with Crippen LogP contribution in [0, 0.1) is 6.92 Å². The summed E-state index contributed by atoms with van der Waals surface area (Å²) in [6, 6.07) is 8.63. The fraction of sp³-hybridized carbons (Fsp3) is 0.222. The lowest BCUT2D eigenvalue weighted by molar-refractivity contribution is 0.540. The number of hydrogen-bond acceptors (Lipinski definition) is 4. The minimum absolute atomic E-state index is 0.0770. The van der Waals surface area contributed by atoms with Crippen molar-refractivity contribution in [3.63, 3.8) is 0 Å². The van der Waals surface area contributed by atoms with Crippen molar-refractivity contribution in [3.05, 3.63) is 58.3 Å². The summed E-state index contributed by atoms with van der Waals surface area (Å²) >= 11 is 8.66. The molecule has 3 heterocycles. The van der Waals surface area contributed by atoms with E-state index in [1.165, 1.54) is 3.97 Å². The number of aryl methyl sites for hydroxylation is 1. The van der Waals surface area contributed by atoms with Crippen LogP contribution >= 0.6 is 28.1 Å². The van der Waals surface area contributed by atoms with Gasteiger partial charge in [0.1, 0.15) is 0 Å². The molecule has 1 fully saturated rings. The summed E-state index contributed by atoms with van der Waals surface area (Å²) < 4.78 is 28.6.